The summed E-state index contributed by atoms with van der Waals surface area (Å²) in [6, 6.07) is 10.1. The summed E-state index contributed by atoms with van der Waals surface area (Å²) in [7, 11) is 0. The van der Waals surface area contributed by atoms with Gasteiger partial charge in [0.25, 0.3) is 0 Å². The van der Waals surface area contributed by atoms with E-state index in [1.807, 2.05) is 18.2 Å². The highest BCUT2D eigenvalue weighted by molar-refractivity contribution is 5.71. The number of hydrogen-bond acceptors (Lipinski definition) is 1. The highest BCUT2D eigenvalue weighted by Crippen LogP contribution is 2.35. The van der Waals surface area contributed by atoms with Crippen molar-refractivity contribution in [2.45, 2.75) is 12.8 Å². The summed E-state index contributed by atoms with van der Waals surface area (Å²) < 4.78 is 0. The number of benzene rings is 1. The maximum absolute atomic E-state index is 9.13. The lowest BCUT2D eigenvalue weighted by Gasteiger charge is -2.02. The largest absolute Gasteiger partial charge is 0.392 e. The Balaban J connectivity index is 2.35. The third-order valence-electron chi connectivity index (χ3n) is 2.21. The Hall–Kier alpha value is -1.08. The molecule has 1 aromatic carbocycles. The molecular formula is C11H12O. The van der Waals surface area contributed by atoms with Gasteiger partial charge in [-0.2, -0.15) is 0 Å². The Kier molecular flexibility index (Phi) is 1.96. The van der Waals surface area contributed by atoms with E-state index in [-0.39, 0.29) is 6.61 Å². The lowest BCUT2D eigenvalue weighted by molar-refractivity contribution is 0.350. The van der Waals surface area contributed by atoms with Crippen molar-refractivity contribution in [3.8, 4) is 0 Å². The molecule has 1 saturated carbocycles. The molecule has 12 heavy (non-hydrogen) atoms. The van der Waals surface area contributed by atoms with Gasteiger partial charge in [0, 0.05) is 0 Å². The fraction of sp³-hybridized carbons (Fsp3) is 0.273. The Morgan fingerprint density at radius 1 is 1.17 bits per heavy atom. The number of hydrogen-bond donors (Lipinski definition) is 1. The van der Waals surface area contributed by atoms with Gasteiger partial charge < -0.3 is 5.11 Å². The molecule has 0 aliphatic heterocycles. The zero-order chi connectivity index (χ0) is 8.39. The fourth-order valence-electron chi connectivity index (χ4n) is 1.41. The predicted molar refractivity (Wildman–Crippen MR) is 49.7 cm³/mol. The van der Waals surface area contributed by atoms with Crippen molar-refractivity contribution in [1.82, 2.24) is 0 Å². The van der Waals surface area contributed by atoms with Crippen molar-refractivity contribution in [3.63, 3.8) is 0 Å². The molecule has 1 fully saturated rings. The third kappa shape index (κ3) is 1.41. The fourth-order valence-corrected chi connectivity index (χ4v) is 1.41. The molecule has 0 aromatic heterocycles. The number of aliphatic hydroxyl groups excluding tert-OH is 1. The van der Waals surface area contributed by atoms with Gasteiger partial charge in [-0.1, -0.05) is 35.9 Å². The highest BCUT2D eigenvalue weighted by atomic mass is 16.3. The Morgan fingerprint density at radius 3 is 2.33 bits per heavy atom. The van der Waals surface area contributed by atoms with E-state index in [2.05, 4.69) is 12.1 Å². The summed E-state index contributed by atoms with van der Waals surface area (Å²) in [5, 5.41) is 9.13. The molecule has 2 rings (SSSR count). The van der Waals surface area contributed by atoms with Crippen LogP contribution >= 0.6 is 0 Å². The molecule has 1 aliphatic carbocycles. The van der Waals surface area contributed by atoms with Crippen molar-refractivity contribution >= 4 is 5.57 Å². The second kappa shape index (κ2) is 3.11. The summed E-state index contributed by atoms with van der Waals surface area (Å²) in [6.45, 7) is 0.180. The van der Waals surface area contributed by atoms with Gasteiger partial charge in [-0.05, 0) is 24.0 Å². The van der Waals surface area contributed by atoms with Crippen LogP contribution in [0.1, 0.15) is 18.4 Å². The average molecular weight is 160 g/mol. The first-order chi connectivity index (χ1) is 5.92. The quantitative estimate of drug-likeness (QED) is 0.703. The summed E-state index contributed by atoms with van der Waals surface area (Å²) in [6.07, 6.45) is 2.34. The molecule has 1 N–H and O–H groups in total. The maximum atomic E-state index is 9.13. The van der Waals surface area contributed by atoms with Crippen LogP contribution in [-0.2, 0) is 0 Å². The Labute approximate surface area is 72.4 Å². The van der Waals surface area contributed by atoms with Crippen LogP contribution in [0.3, 0.4) is 0 Å². The molecule has 1 aliphatic rings. The van der Waals surface area contributed by atoms with Crippen LogP contribution in [0, 0.1) is 0 Å². The molecular weight excluding hydrogens is 148 g/mol. The van der Waals surface area contributed by atoms with E-state index in [9.17, 15) is 0 Å². The zero-order valence-electron chi connectivity index (χ0n) is 6.96. The van der Waals surface area contributed by atoms with Gasteiger partial charge in [0.15, 0.2) is 0 Å². The van der Waals surface area contributed by atoms with E-state index in [1.165, 1.54) is 24.0 Å². The van der Waals surface area contributed by atoms with Crippen molar-refractivity contribution in [2.24, 2.45) is 0 Å². The van der Waals surface area contributed by atoms with E-state index in [0.29, 0.717) is 0 Å². The Bertz CT molecular complexity index is 292. The van der Waals surface area contributed by atoms with Gasteiger partial charge in [0.1, 0.15) is 0 Å². The number of rotatable bonds is 2. The molecule has 0 bridgehead atoms. The molecule has 0 saturated heterocycles. The normalized spacial score (nSPS) is 14.6. The third-order valence-corrected chi connectivity index (χ3v) is 2.21. The van der Waals surface area contributed by atoms with E-state index >= 15 is 0 Å². The first-order valence-corrected chi connectivity index (χ1v) is 4.29. The minimum atomic E-state index is 0.180. The summed E-state index contributed by atoms with van der Waals surface area (Å²) >= 11 is 0. The van der Waals surface area contributed by atoms with Crippen LogP contribution < -0.4 is 0 Å². The van der Waals surface area contributed by atoms with Crippen LogP contribution in [0.5, 0.6) is 0 Å². The highest BCUT2D eigenvalue weighted by Gasteiger charge is 2.17. The molecule has 0 radical (unpaired) electrons. The van der Waals surface area contributed by atoms with Gasteiger partial charge >= 0.3 is 0 Å². The smallest absolute Gasteiger partial charge is 0.0687 e. The standard InChI is InChI=1S/C11H12O/c12-8-11(10-6-7-10)9-4-2-1-3-5-9/h1-5,12H,6-8H2. The summed E-state index contributed by atoms with van der Waals surface area (Å²) in [5.41, 5.74) is 3.73. The maximum Gasteiger partial charge on any atom is 0.0687 e. The second-order valence-corrected chi connectivity index (χ2v) is 3.11. The molecule has 0 amide bonds. The minimum Gasteiger partial charge on any atom is -0.392 e. The molecule has 62 valence electrons. The van der Waals surface area contributed by atoms with Crippen molar-refractivity contribution in [2.75, 3.05) is 6.61 Å². The molecule has 0 spiro atoms. The molecule has 0 atom stereocenters. The molecule has 0 unspecified atom stereocenters. The topological polar surface area (TPSA) is 20.2 Å². The van der Waals surface area contributed by atoms with E-state index in [4.69, 9.17) is 5.11 Å². The SMILES string of the molecule is OCC(=C1CC1)c1ccccc1. The van der Waals surface area contributed by atoms with Crippen LogP contribution in [0.25, 0.3) is 5.57 Å². The first-order valence-electron chi connectivity index (χ1n) is 4.29. The lowest BCUT2D eigenvalue weighted by atomic mass is 10.1. The second-order valence-electron chi connectivity index (χ2n) is 3.11. The first kappa shape index (κ1) is 7.56. The van der Waals surface area contributed by atoms with E-state index in [1.54, 1.807) is 0 Å². The van der Waals surface area contributed by atoms with Gasteiger partial charge in [-0.25, -0.2) is 0 Å². The monoisotopic (exact) mass is 160 g/mol. The van der Waals surface area contributed by atoms with Gasteiger partial charge in [0.05, 0.1) is 6.61 Å². The summed E-state index contributed by atoms with van der Waals surface area (Å²) in [4.78, 5) is 0. The predicted octanol–water partition coefficient (Wildman–Crippen LogP) is 2.23. The zero-order valence-corrected chi connectivity index (χ0v) is 6.96. The van der Waals surface area contributed by atoms with Crippen LogP contribution in [0.15, 0.2) is 35.9 Å². The minimum absolute atomic E-state index is 0.180. The van der Waals surface area contributed by atoms with Gasteiger partial charge in [-0.3, -0.25) is 0 Å². The van der Waals surface area contributed by atoms with Crippen molar-refractivity contribution in [1.29, 1.82) is 0 Å². The number of aliphatic hydroxyl groups is 1. The molecule has 1 heteroatoms. The van der Waals surface area contributed by atoms with Gasteiger partial charge in [0.2, 0.25) is 0 Å². The lowest BCUT2D eigenvalue weighted by Crippen LogP contribution is -1.89. The van der Waals surface area contributed by atoms with Crippen molar-refractivity contribution in [3.05, 3.63) is 41.5 Å². The molecule has 1 nitrogen and oxygen atoms in total. The van der Waals surface area contributed by atoms with E-state index in [0.717, 1.165) is 5.57 Å². The average Bonchev–Trinajstić information content (AvgIpc) is 2.92. The van der Waals surface area contributed by atoms with Crippen LogP contribution in [-0.4, -0.2) is 11.7 Å². The van der Waals surface area contributed by atoms with Crippen LogP contribution in [0.4, 0.5) is 0 Å². The van der Waals surface area contributed by atoms with Gasteiger partial charge in [-0.15, -0.1) is 0 Å². The van der Waals surface area contributed by atoms with Crippen molar-refractivity contribution < 1.29 is 5.11 Å². The molecule has 1 aromatic rings. The van der Waals surface area contributed by atoms with E-state index < -0.39 is 0 Å². The Morgan fingerprint density at radius 2 is 1.83 bits per heavy atom. The molecule has 0 heterocycles. The van der Waals surface area contributed by atoms with Crippen LogP contribution in [0.2, 0.25) is 0 Å². The summed E-state index contributed by atoms with van der Waals surface area (Å²) in [5.74, 6) is 0. The number of allylic oxidation sites excluding steroid dienone is 1.